The summed E-state index contributed by atoms with van der Waals surface area (Å²) in [6.45, 7) is 4.34. The van der Waals surface area contributed by atoms with Crippen LogP contribution >= 0.6 is 0 Å². The largest absolute Gasteiger partial charge is 0.301 e. The average molecular weight is 288 g/mol. The summed E-state index contributed by atoms with van der Waals surface area (Å²) < 4.78 is 16.4. The molecule has 0 amide bonds. The zero-order valence-electron chi connectivity index (χ0n) is 11.8. The first-order chi connectivity index (χ1) is 10.3. The zero-order valence-corrected chi connectivity index (χ0v) is 11.8. The van der Waals surface area contributed by atoms with Gasteiger partial charge >= 0.3 is 0 Å². The molecule has 0 saturated carbocycles. The van der Waals surface area contributed by atoms with Crippen LogP contribution in [-0.2, 0) is 0 Å². The number of nitrogens with one attached hydrogen (secondary N) is 1. The molecule has 21 heavy (non-hydrogen) atoms. The second-order valence-corrected chi connectivity index (χ2v) is 5.52. The third-order valence-electron chi connectivity index (χ3n) is 4.37. The molecule has 3 aromatic rings. The first-order valence-electron chi connectivity index (χ1n) is 7.30. The molecule has 0 radical (unpaired) electrons. The minimum Gasteiger partial charge on any atom is -0.301 e. The van der Waals surface area contributed by atoms with Crippen molar-refractivity contribution in [1.82, 2.24) is 29.9 Å². The standard InChI is InChI=1S/C14H17FN6/c1-2-20-6-4-12(10(15)8-20)21-13-9-3-5-16-14(9)17-7-11(13)18-19-21/h3,5,7,10,12,19H,2,4,6,8H2,1H3/t10-,12+/m0/s1. The van der Waals surface area contributed by atoms with Gasteiger partial charge in [-0.25, -0.2) is 19.6 Å². The molecule has 1 fully saturated rings. The van der Waals surface area contributed by atoms with Gasteiger partial charge in [-0.1, -0.05) is 6.92 Å². The number of rotatable bonds is 2. The van der Waals surface area contributed by atoms with Gasteiger partial charge in [0.05, 0.1) is 17.8 Å². The molecule has 0 bridgehead atoms. The summed E-state index contributed by atoms with van der Waals surface area (Å²) in [5, 5.41) is 8.16. The summed E-state index contributed by atoms with van der Waals surface area (Å²) in [7, 11) is 0. The normalized spacial score (nSPS) is 24.1. The van der Waals surface area contributed by atoms with E-state index in [9.17, 15) is 4.39 Å². The molecule has 0 unspecified atom stereocenters. The van der Waals surface area contributed by atoms with Gasteiger partial charge in [0.2, 0.25) is 0 Å². The van der Waals surface area contributed by atoms with E-state index in [1.165, 1.54) is 0 Å². The van der Waals surface area contributed by atoms with Crippen LogP contribution in [-0.4, -0.2) is 55.7 Å². The molecule has 1 N–H and O–H groups in total. The summed E-state index contributed by atoms with van der Waals surface area (Å²) in [6, 6.07) is 1.70. The molecule has 6 nitrogen and oxygen atoms in total. The molecule has 2 atom stereocenters. The zero-order chi connectivity index (χ0) is 14.4. The fraction of sp³-hybridized carbons (Fsp3) is 0.500. The Balaban J connectivity index is 1.81. The smallest absolute Gasteiger partial charge is 0.161 e. The molecule has 7 heteroatoms. The maximum atomic E-state index is 14.6. The first kappa shape index (κ1) is 12.7. The number of hydrogen-bond acceptors (Lipinski definition) is 4. The van der Waals surface area contributed by atoms with Crippen LogP contribution in [0.15, 0.2) is 18.5 Å². The van der Waals surface area contributed by atoms with E-state index in [2.05, 4.69) is 32.1 Å². The van der Waals surface area contributed by atoms with Crippen LogP contribution in [0.25, 0.3) is 22.1 Å². The number of likely N-dealkylation sites (tertiary alicyclic amines) is 1. The molecule has 3 aromatic heterocycles. The number of halogens is 1. The number of hydrogen-bond donors (Lipinski definition) is 1. The van der Waals surface area contributed by atoms with Gasteiger partial charge in [-0.2, -0.15) is 5.10 Å². The second kappa shape index (κ2) is 4.77. The van der Waals surface area contributed by atoms with Gasteiger partial charge in [0, 0.05) is 24.7 Å². The highest BCUT2D eigenvalue weighted by atomic mass is 19.1. The molecule has 1 aliphatic rings. The Morgan fingerprint density at radius 3 is 3.14 bits per heavy atom. The highest BCUT2D eigenvalue weighted by molar-refractivity contribution is 6.00. The Morgan fingerprint density at radius 2 is 2.33 bits per heavy atom. The van der Waals surface area contributed by atoms with E-state index >= 15 is 0 Å². The van der Waals surface area contributed by atoms with Crippen LogP contribution in [0.4, 0.5) is 4.39 Å². The molecule has 0 aromatic carbocycles. The topological polar surface area (TPSA) is 62.6 Å². The molecular weight excluding hydrogens is 271 g/mol. The lowest BCUT2D eigenvalue weighted by molar-refractivity contribution is 0.0887. The number of pyridine rings is 1. The lowest BCUT2D eigenvalue weighted by atomic mass is 10.0. The van der Waals surface area contributed by atoms with Gasteiger partial charge in [0.1, 0.15) is 11.7 Å². The Labute approximate surface area is 120 Å². The second-order valence-electron chi connectivity index (χ2n) is 5.52. The van der Waals surface area contributed by atoms with Gasteiger partial charge in [-0.15, -0.1) is 0 Å². The molecule has 4 heterocycles. The lowest BCUT2D eigenvalue weighted by Gasteiger charge is -2.34. The fourth-order valence-corrected chi connectivity index (χ4v) is 3.20. The predicted octanol–water partition coefficient (Wildman–Crippen LogP) is 1.91. The fourth-order valence-electron chi connectivity index (χ4n) is 3.20. The molecule has 4 rings (SSSR count). The monoisotopic (exact) mass is 288 g/mol. The average Bonchev–Trinajstić information content (AvgIpc) is 3.12. The molecule has 1 saturated heterocycles. The molecule has 1 aliphatic heterocycles. The molecule has 0 spiro atoms. The van der Waals surface area contributed by atoms with E-state index in [4.69, 9.17) is 0 Å². The third kappa shape index (κ3) is 1.91. The van der Waals surface area contributed by atoms with Crippen molar-refractivity contribution in [3.05, 3.63) is 18.5 Å². The van der Waals surface area contributed by atoms with Crippen molar-refractivity contribution in [2.45, 2.75) is 25.6 Å². The Bertz CT molecular complexity index is 778. The van der Waals surface area contributed by atoms with Crippen LogP contribution in [0.2, 0.25) is 0 Å². The molecule has 0 aliphatic carbocycles. The van der Waals surface area contributed by atoms with Gasteiger partial charge in [-0.3, -0.25) is 4.68 Å². The summed E-state index contributed by atoms with van der Waals surface area (Å²) in [6.07, 6.45) is 3.28. The molecule has 110 valence electrons. The Morgan fingerprint density at radius 1 is 1.43 bits per heavy atom. The number of aromatic amines is 1. The number of H-pyrrole nitrogens is 1. The number of fused-ring (bicyclic) bond motifs is 3. The van der Waals surface area contributed by atoms with Crippen molar-refractivity contribution in [2.75, 3.05) is 19.6 Å². The Kier molecular flexibility index (Phi) is 2.88. The van der Waals surface area contributed by atoms with Gasteiger partial charge < -0.3 is 4.90 Å². The van der Waals surface area contributed by atoms with E-state index in [1.54, 1.807) is 12.4 Å². The minimum atomic E-state index is -0.904. The van der Waals surface area contributed by atoms with E-state index in [1.807, 2.05) is 10.7 Å². The van der Waals surface area contributed by atoms with Crippen molar-refractivity contribution in [1.29, 1.82) is 0 Å². The quantitative estimate of drug-likeness (QED) is 0.782. The van der Waals surface area contributed by atoms with Crippen LogP contribution in [0.5, 0.6) is 0 Å². The van der Waals surface area contributed by atoms with Crippen LogP contribution in [0, 0.1) is 0 Å². The van der Waals surface area contributed by atoms with E-state index in [-0.39, 0.29) is 6.04 Å². The molecular formula is C14H17FN6. The highest BCUT2D eigenvalue weighted by Crippen LogP contribution is 2.30. The van der Waals surface area contributed by atoms with Crippen molar-refractivity contribution >= 4 is 22.1 Å². The van der Waals surface area contributed by atoms with Gasteiger partial charge in [0.15, 0.2) is 5.65 Å². The summed E-state index contributed by atoms with van der Waals surface area (Å²) in [4.78, 5) is 10.6. The summed E-state index contributed by atoms with van der Waals surface area (Å²) in [5.41, 5.74) is 2.33. The third-order valence-corrected chi connectivity index (χ3v) is 4.37. The van der Waals surface area contributed by atoms with E-state index < -0.39 is 6.17 Å². The number of alkyl halides is 1. The summed E-state index contributed by atoms with van der Waals surface area (Å²) >= 11 is 0. The van der Waals surface area contributed by atoms with Gasteiger partial charge in [-0.05, 0) is 19.0 Å². The Hall–Kier alpha value is -2.02. The maximum Gasteiger partial charge on any atom is 0.161 e. The van der Waals surface area contributed by atoms with Crippen LogP contribution in [0.3, 0.4) is 0 Å². The number of nitrogens with zero attached hydrogens (tertiary/aromatic N) is 5. The number of piperidine rings is 1. The maximum absolute atomic E-state index is 14.6. The summed E-state index contributed by atoms with van der Waals surface area (Å²) in [5.74, 6) is 0. The number of aromatic nitrogens is 5. The van der Waals surface area contributed by atoms with E-state index in [0.717, 1.165) is 35.9 Å². The van der Waals surface area contributed by atoms with E-state index in [0.29, 0.717) is 12.2 Å². The van der Waals surface area contributed by atoms with Crippen molar-refractivity contribution in [3.63, 3.8) is 0 Å². The van der Waals surface area contributed by atoms with Crippen molar-refractivity contribution < 1.29 is 4.39 Å². The van der Waals surface area contributed by atoms with Crippen molar-refractivity contribution in [2.24, 2.45) is 0 Å². The van der Waals surface area contributed by atoms with Crippen LogP contribution < -0.4 is 0 Å². The van der Waals surface area contributed by atoms with Crippen molar-refractivity contribution in [3.8, 4) is 0 Å². The SMILES string of the molecule is CCN1CC[C@@H](n2[nH]nc3cnc4nccc4c32)[C@@H](F)C1. The minimum absolute atomic E-state index is 0.210. The van der Waals surface area contributed by atoms with Crippen LogP contribution in [0.1, 0.15) is 19.4 Å². The first-order valence-corrected chi connectivity index (χ1v) is 7.30. The predicted molar refractivity (Wildman–Crippen MR) is 77.8 cm³/mol. The highest BCUT2D eigenvalue weighted by Gasteiger charge is 2.31. The van der Waals surface area contributed by atoms with Gasteiger partial charge in [0.25, 0.3) is 0 Å². The lowest BCUT2D eigenvalue weighted by Crippen LogP contribution is -2.42.